The van der Waals surface area contributed by atoms with Crippen LogP contribution in [-0.4, -0.2) is 66.3 Å². The Balaban J connectivity index is -0.000000125. The average molecular weight is 401 g/mol. The molecule has 0 fully saturated rings. The fraction of sp³-hybridized carbons (Fsp3) is 0.824. The highest BCUT2D eigenvalue weighted by atomic mass is 32.3. The fourth-order valence-electron chi connectivity index (χ4n) is 0.890. The van der Waals surface area contributed by atoms with Gasteiger partial charge in [0.05, 0.1) is 53.4 Å². The summed E-state index contributed by atoms with van der Waals surface area (Å²) in [7, 11) is 0.785. The van der Waals surface area contributed by atoms with Crippen molar-refractivity contribution in [1.82, 2.24) is 0 Å². The van der Waals surface area contributed by atoms with Crippen LogP contribution >= 0.6 is 0 Å². The summed E-state index contributed by atoms with van der Waals surface area (Å²) in [6.45, 7) is 17.2. The molecule has 0 amide bonds. The molecule has 2 N–H and O–H groups in total. The summed E-state index contributed by atoms with van der Waals surface area (Å²) in [6.07, 6.45) is 2.37. The van der Waals surface area contributed by atoms with Crippen LogP contribution < -0.4 is 14.9 Å². The van der Waals surface area contributed by atoms with Crippen LogP contribution in [0.1, 0.15) is 48.0 Å². The Labute approximate surface area is 160 Å². The number of allylic oxidation sites excluding steroid dienone is 1. The Hall–Kier alpha value is -1.00. The van der Waals surface area contributed by atoms with Gasteiger partial charge >= 0.3 is 0 Å². The quantitative estimate of drug-likeness (QED) is 0.298. The molecule has 0 radical (unpaired) electrons. The van der Waals surface area contributed by atoms with Gasteiger partial charge in [-0.25, -0.2) is 8.42 Å². The number of hydrogen-bond donors (Lipinski definition) is 2. The molecule has 0 aliphatic carbocycles. The van der Waals surface area contributed by atoms with Gasteiger partial charge < -0.3 is 24.3 Å². The van der Waals surface area contributed by atoms with E-state index in [4.69, 9.17) is 0 Å². The summed E-state index contributed by atoms with van der Waals surface area (Å²) >= 11 is 0. The molecule has 160 valence electrons. The van der Waals surface area contributed by atoms with Crippen LogP contribution in [-0.2, 0) is 19.4 Å². The van der Waals surface area contributed by atoms with E-state index in [0.717, 1.165) is 13.5 Å². The molecule has 0 saturated carbocycles. The smallest absolute Gasteiger partial charge is 0.217 e. The van der Waals surface area contributed by atoms with Crippen LogP contribution in [0.15, 0.2) is 11.6 Å². The summed E-state index contributed by atoms with van der Waals surface area (Å²) in [6, 6.07) is 0. The lowest BCUT2D eigenvalue weighted by atomic mass is 10.2. The van der Waals surface area contributed by atoms with E-state index < -0.39 is 16.4 Å². The van der Waals surface area contributed by atoms with E-state index in [1.54, 1.807) is 15.9 Å². The number of rotatable bonds is 7. The number of carboxylic acid groups (broad SMARTS) is 1. The molecule has 9 heteroatoms. The van der Waals surface area contributed by atoms with E-state index in [0.29, 0.717) is 5.57 Å². The predicted molar refractivity (Wildman–Crippen MR) is 102 cm³/mol. The Bertz CT molecular complexity index is 421. The van der Waals surface area contributed by atoms with Crippen molar-refractivity contribution in [3.8, 4) is 0 Å². The molecule has 26 heavy (non-hydrogen) atoms. The lowest BCUT2D eigenvalue weighted by molar-refractivity contribution is -0.875. The van der Waals surface area contributed by atoms with Gasteiger partial charge in [-0.05, 0) is 46.6 Å². The third kappa shape index (κ3) is 38.5. The first-order chi connectivity index (χ1) is 11.9. The van der Waals surface area contributed by atoms with Crippen LogP contribution in [0.25, 0.3) is 0 Å². The van der Waals surface area contributed by atoms with E-state index in [1.165, 1.54) is 33.1 Å². The Morgan fingerprint density at radius 2 is 1.23 bits per heavy atom. The minimum atomic E-state index is -4.41. The number of carbonyl (C=O) groups excluding carboxylic acids is 1. The maximum Gasteiger partial charge on any atom is 0.217 e. The zero-order chi connectivity index (χ0) is 21.8. The normalized spacial score (nSPS) is 10.8. The first-order valence-corrected chi connectivity index (χ1v) is 10.2. The van der Waals surface area contributed by atoms with Gasteiger partial charge in [0.15, 0.2) is 0 Å². The van der Waals surface area contributed by atoms with Crippen LogP contribution in [0.3, 0.4) is 0 Å². The van der Waals surface area contributed by atoms with Gasteiger partial charge in [0, 0.05) is 0 Å². The monoisotopic (exact) mass is 400 g/mol. The summed E-state index contributed by atoms with van der Waals surface area (Å²) in [5, 5.41) is 9.91. The molecule has 0 aromatic carbocycles. The predicted octanol–water partition coefficient (Wildman–Crippen LogP) is -1.73. The summed E-state index contributed by atoms with van der Waals surface area (Å²) < 4.78 is 31.0. The Kier molecular flexibility index (Phi) is 27.7. The van der Waals surface area contributed by atoms with E-state index >= 15 is 0 Å². The first-order valence-electron chi connectivity index (χ1n) is 8.88. The molecule has 0 aliphatic rings. The molecule has 0 saturated heterocycles. The third-order valence-electron chi connectivity index (χ3n) is 3.45. The second kappa shape index (κ2) is 22.0. The number of quaternary nitrogens is 2. The van der Waals surface area contributed by atoms with Crippen LogP contribution in [0, 0.1) is 0 Å². The molecule has 0 aromatic heterocycles. The molecular weight excluding hydrogens is 360 g/mol. The van der Waals surface area contributed by atoms with Gasteiger partial charge in [-0.2, -0.15) is 0 Å². The number of hydrogen-bond acceptors (Lipinski definition) is 6. The highest BCUT2D eigenvalue weighted by Gasteiger charge is 1.86. The number of aliphatic carboxylic acids is 1. The van der Waals surface area contributed by atoms with Crippen LogP contribution in [0.5, 0.6) is 0 Å². The zero-order valence-corrected chi connectivity index (χ0v) is 18.8. The number of carbonyl (C=O) groups is 1. The summed E-state index contributed by atoms with van der Waals surface area (Å²) in [4.78, 5) is 13.1. The van der Waals surface area contributed by atoms with Crippen molar-refractivity contribution in [3.63, 3.8) is 0 Å². The lowest BCUT2D eigenvalue weighted by Gasteiger charge is -2.04. The highest BCUT2D eigenvalue weighted by molar-refractivity contribution is 7.80. The zero-order valence-electron chi connectivity index (χ0n) is 18.0. The number of nitrogens with one attached hydrogen (secondary N) is 2. The van der Waals surface area contributed by atoms with Gasteiger partial charge in [-0.15, -0.1) is 0 Å². The highest BCUT2D eigenvalue weighted by Crippen LogP contribution is 1.90. The van der Waals surface area contributed by atoms with Crippen molar-refractivity contribution in [2.75, 3.05) is 47.4 Å². The largest absolute Gasteiger partial charge is 0.726 e. The summed E-state index contributed by atoms with van der Waals surface area (Å²) in [5.74, 6) is -1.08. The topological polar surface area (TPSA) is 115 Å². The average Bonchev–Trinajstić information content (AvgIpc) is 2.61. The van der Waals surface area contributed by atoms with Gasteiger partial charge in [-0.1, -0.05) is 13.0 Å². The first kappa shape index (κ1) is 32.7. The SMILES string of the molecule is CCC=C(C)C(=O)[O-].CC[NH+](C)CC.CC[NH+](C)CC.COS(=O)(=O)[O-]. The maximum atomic E-state index is 9.91. The van der Waals surface area contributed by atoms with Crippen LogP contribution in [0.2, 0.25) is 0 Å². The van der Waals surface area contributed by atoms with Gasteiger partial charge in [0.1, 0.15) is 0 Å². The molecular formula is C17H40N2O6S. The maximum absolute atomic E-state index is 9.91. The number of carboxylic acids is 1. The molecule has 0 spiro atoms. The minimum Gasteiger partial charge on any atom is -0.726 e. The fourth-order valence-corrected chi connectivity index (χ4v) is 0.890. The standard InChI is InChI=1S/C6H10O2.2C5H13N.CH4O4S/c1-3-4-5(2)6(7)8;2*1-4-6(3)5-2;1-5-6(2,3)4/h4H,3H2,1-2H3,(H,7,8);2*4-5H2,1-3H3;1H3,(H,2,3,4). The van der Waals surface area contributed by atoms with Crippen molar-refractivity contribution >= 4 is 16.4 Å². The molecule has 0 rings (SSSR count). The second-order valence-corrected chi connectivity index (χ2v) is 6.64. The second-order valence-electron chi connectivity index (χ2n) is 5.49. The van der Waals surface area contributed by atoms with Crippen molar-refractivity contribution < 1.29 is 36.9 Å². The molecule has 0 heterocycles. The molecule has 8 nitrogen and oxygen atoms in total. The van der Waals surface area contributed by atoms with E-state index in [2.05, 4.69) is 46.0 Å². The molecule has 0 aromatic rings. The van der Waals surface area contributed by atoms with Crippen LogP contribution in [0.4, 0.5) is 0 Å². The van der Waals surface area contributed by atoms with Crippen molar-refractivity contribution in [3.05, 3.63) is 11.6 Å². The lowest BCUT2D eigenvalue weighted by Crippen LogP contribution is -3.08. The van der Waals surface area contributed by atoms with Gasteiger partial charge in [-0.3, -0.25) is 4.18 Å². The minimum absolute atomic E-state index is 0.313. The van der Waals surface area contributed by atoms with Gasteiger partial charge in [0.2, 0.25) is 10.4 Å². The van der Waals surface area contributed by atoms with Crippen molar-refractivity contribution in [2.45, 2.75) is 48.0 Å². The molecule has 0 bridgehead atoms. The van der Waals surface area contributed by atoms with Crippen molar-refractivity contribution in [2.24, 2.45) is 0 Å². The van der Waals surface area contributed by atoms with Crippen molar-refractivity contribution in [1.29, 1.82) is 0 Å². The van der Waals surface area contributed by atoms with E-state index in [9.17, 15) is 22.9 Å². The summed E-state index contributed by atoms with van der Waals surface area (Å²) in [5.41, 5.74) is 0.313. The molecule has 0 unspecified atom stereocenters. The van der Waals surface area contributed by atoms with E-state index in [-0.39, 0.29) is 0 Å². The molecule has 0 aliphatic heterocycles. The third-order valence-corrected chi connectivity index (χ3v) is 3.86. The van der Waals surface area contributed by atoms with Gasteiger partial charge in [0.25, 0.3) is 0 Å². The van der Waals surface area contributed by atoms with E-state index in [1.807, 2.05) is 6.92 Å². The Morgan fingerprint density at radius 3 is 1.27 bits per heavy atom. The Morgan fingerprint density at radius 1 is 0.962 bits per heavy atom. The molecule has 0 atom stereocenters.